The van der Waals surface area contributed by atoms with Crippen LogP contribution in [0.2, 0.25) is 0 Å². The monoisotopic (exact) mass is 595 g/mol. The highest BCUT2D eigenvalue weighted by atomic mass is 16.3. The Labute approximate surface area is 267 Å². The molecule has 2 nitrogen and oxygen atoms in total. The molecule has 0 amide bonds. The van der Waals surface area contributed by atoms with Gasteiger partial charge in [0.2, 0.25) is 0 Å². The minimum atomic E-state index is -0.497. The Morgan fingerprint density at radius 3 is 0.619 bits per heavy atom. The van der Waals surface area contributed by atoms with E-state index >= 15 is 0 Å². The van der Waals surface area contributed by atoms with Gasteiger partial charge in [0.15, 0.2) is 0 Å². The molecule has 0 rings (SSSR count). The van der Waals surface area contributed by atoms with Crippen LogP contribution >= 0.6 is 0 Å². The number of aliphatic hydroxyl groups excluding tert-OH is 2. The van der Waals surface area contributed by atoms with Crippen LogP contribution in [-0.2, 0) is 0 Å². The molecule has 42 heavy (non-hydrogen) atoms. The molecule has 0 aliphatic heterocycles. The summed E-state index contributed by atoms with van der Waals surface area (Å²) >= 11 is 0. The lowest BCUT2D eigenvalue weighted by Crippen LogP contribution is -2.10. The molecule has 0 aliphatic carbocycles. The van der Waals surface area contributed by atoms with Gasteiger partial charge in [-0.3, -0.25) is 0 Å². The molecule has 0 spiro atoms. The first-order chi connectivity index (χ1) is 20.8. The van der Waals surface area contributed by atoms with Crippen molar-refractivity contribution in [1.82, 2.24) is 0 Å². The van der Waals surface area contributed by atoms with Gasteiger partial charge in [-0.2, -0.15) is 0 Å². The van der Waals surface area contributed by atoms with Crippen LogP contribution < -0.4 is 0 Å². The van der Waals surface area contributed by atoms with Crippen molar-refractivity contribution in [2.45, 2.75) is 251 Å². The van der Waals surface area contributed by atoms with Gasteiger partial charge in [-0.05, 0) is 6.42 Å². The first-order valence-corrected chi connectivity index (χ1v) is 20.1. The van der Waals surface area contributed by atoms with Crippen molar-refractivity contribution in [3.05, 3.63) is 0 Å². The second kappa shape index (κ2) is 38.9. The van der Waals surface area contributed by atoms with Gasteiger partial charge in [-0.1, -0.05) is 238 Å². The van der Waals surface area contributed by atoms with Crippen LogP contribution in [0.3, 0.4) is 0 Å². The highest BCUT2D eigenvalue weighted by Gasteiger charge is 2.01. The van der Waals surface area contributed by atoms with Crippen molar-refractivity contribution < 1.29 is 10.2 Å². The summed E-state index contributed by atoms with van der Waals surface area (Å²) in [7, 11) is 0. The predicted octanol–water partition coefficient (Wildman–Crippen LogP) is 13.8. The highest BCUT2D eigenvalue weighted by Crippen LogP contribution is 2.17. The van der Waals surface area contributed by atoms with E-state index in [-0.39, 0.29) is 6.61 Å². The summed E-state index contributed by atoms with van der Waals surface area (Å²) in [4.78, 5) is 0. The van der Waals surface area contributed by atoms with Gasteiger partial charge in [0.05, 0.1) is 12.7 Å². The minimum absolute atomic E-state index is 0.0836. The zero-order valence-electron chi connectivity index (χ0n) is 29.3. The molecule has 0 aliphatic rings. The number of hydrogen-bond acceptors (Lipinski definition) is 2. The van der Waals surface area contributed by atoms with Gasteiger partial charge in [0.1, 0.15) is 0 Å². The topological polar surface area (TPSA) is 40.5 Å². The Hall–Kier alpha value is -0.0800. The predicted molar refractivity (Wildman–Crippen MR) is 190 cm³/mol. The van der Waals surface area contributed by atoms with E-state index in [0.717, 1.165) is 12.8 Å². The second-order valence-corrected chi connectivity index (χ2v) is 14.0. The van der Waals surface area contributed by atoms with Gasteiger partial charge in [-0.15, -0.1) is 0 Å². The normalized spacial score (nSPS) is 12.4. The van der Waals surface area contributed by atoms with Crippen LogP contribution in [0.15, 0.2) is 0 Å². The molecule has 0 aromatic rings. The van der Waals surface area contributed by atoms with Crippen LogP contribution in [0.4, 0.5) is 0 Å². The molecule has 0 saturated heterocycles. The molecule has 0 aromatic carbocycles. The first-order valence-electron chi connectivity index (χ1n) is 20.1. The molecule has 2 heteroatoms. The third-order valence-electron chi connectivity index (χ3n) is 9.60. The summed E-state index contributed by atoms with van der Waals surface area (Å²) in [6, 6.07) is 0. The van der Waals surface area contributed by atoms with Crippen molar-refractivity contribution >= 4 is 0 Å². The lowest BCUT2D eigenvalue weighted by Gasteiger charge is -2.06. The molecule has 2 N–H and O–H groups in total. The zero-order chi connectivity index (χ0) is 30.4. The molecule has 254 valence electrons. The van der Waals surface area contributed by atoms with Gasteiger partial charge in [0, 0.05) is 0 Å². The van der Waals surface area contributed by atoms with Crippen LogP contribution in [0.5, 0.6) is 0 Å². The zero-order valence-corrected chi connectivity index (χ0v) is 29.3. The van der Waals surface area contributed by atoms with E-state index in [1.165, 1.54) is 225 Å². The third-order valence-corrected chi connectivity index (χ3v) is 9.60. The van der Waals surface area contributed by atoms with E-state index in [0.29, 0.717) is 0 Å². The molecule has 0 fully saturated rings. The summed E-state index contributed by atoms with van der Waals surface area (Å²) in [5, 5.41) is 18.1. The van der Waals surface area contributed by atoms with Gasteiger partial charge in [-0.25, -0.2) is 0 Å². The molecule has 1 unspecified atom stereocenters. The van der Waals surface area contributed by atoms with Gasteiger partial charge in [0.25, 0.3) is 0 Å². The van der Waals surface area contributed by atoms with Crippen molar-refractivity contribution in [3.8, 4) is 0 Å². The smallest absolute Gasteiger partial charge is 0.0770 e. The van der Waals surface area contributed by atoms with Crippen LogP contribution in [-0.4, -0.2) is 22.9 Å². The molecule has 0 saturated carbocycles. The number of aliphatic hydroxyl groups is 2. The van der Waals surface area contributed by atoms with E-state index < -0.39 is 6.10 Å². The minimum Gasteiger partial charge on any atom is -0.394 e. The lowest BCUT2D eigenvalue weighted by atomic mass is 10.0. The second-order valence-electron chi connectivity index (χ2n) is 14.0. The Balaban J connectivity index is 3.04. The summed E-state index contributed by atoms with van der Waals surface area (Å²) in [6.45, 7) is 2.22. The number of hydrogen-bond donors (Lipinski definition) is 2. The largest absolute Gasteiger partial charge is 0.394 e. The summed E-state index contributed by atoms with van der Waals surface area (Å²) < 4.78 is 0. The molecule has 1 atom stereocenters. The SMILES string of the molecule is CCCCCCCCCCCCCCCCCCCCCCCCCCCCCCCCCCCCCCC(O)CO. The van der Waals surface area contributed by atoms with E-state index in [9.17, 15) is 5.11 Å². The third kappa shape index (κ3) is 37.9. The van der Waals surface area contributed by atoms with E-state index in [1.807, 2.05) is 0 Å². The Morgan fingerprint density at radius 1 is 0.286 bits per heavy atom. The van der Waals surface area contributed by atoms with Crippen molar-refractivity contribution in [2.75, 3.05) is 6.61 Å². The molecule has 0 radical (unpaired) electrons. The Kier molecular flexibility index (Phi) is 38.9. The summed E-state index contributed by atoms with van der Waals surface area (Å²) in [6.07, 6.45) is 52.0. The molecular formula is C40H82O2. The number of rotatable bonds is 38. The maximum atomic E-state index is 9.33. The Bertz CT molecular complexity index is 451. The van der Waals surface area contributed by atoms with E-state index in [2.05, 4.69) is 6.92 Å². The van der Waals surface area contributed by atoms with Gasteiger partial charge >= 0.3 is 0 Å². The summed E-state index contributed by atoms with van der Waals surface area (Å²) in [5.41, 5.74) is 0. The molecule has 0 heterocycles. The van der Waals surface area contributed by atoms with Crippen LogP contribution in [0, 0.1) is 0 Å². The fourth-order valence-electron chi connectivity index (χ4n) is 6.55. The highest BCUT2D eigenvalue weighted by molar-refractivity contribution is 4.55. The quantitative estimate of drug-likeness (QED) is 0.0698. The van der Waals surface area contributed by atoms with Gasteiger partial charge < -0.3 is 10.2 Å². The maximum absolute atomic E-state index is 9.33. The number of unbranched alkanes of at least 4 members (excludes halogenated alkanes) is 35. The molecule has 0 aromatic heterocycles. The first kappa shape index (κ1) is 41.9. The van der Waals surface area contributed by atoms with Crippen LogP contribution in [0.1, 0.15) is 244 Å². The van der Waals surface area contributed by atoms with Crippen molar-refractivity contribution in [2.24, 2.45) is 0 Å². The van der Waals surface area contributed by atoms with Crippen LogP contribution in [0.25, 0.3) is 0 Å². The average Bonchev–Trinajstić information content (AvgIpc) is 3.00. The van der Waals surface area contributed by atoms with Crippen molar-refractivity contribution in [1.29, 1.82) is 0 Å². The Morgan fingerprint density at radius 2 is 0.452 bits per heavy atom. The fraction of sp³-hybridized carbons (Fsp3) is 1.00. The standard InChI is InChI=1S/C40H82O2/c1-2-3-4-5-6-7-8-9-10-11-12-13-14-15-16-17-18-19-20-21-22-23-24-25-26-27-28-29-30-31-32-33-34-35-36-37-38-40(42)39-41/h40-42H,2-39H2,1H3. The maximum Gasteiger partial charge on any atom is 0.0770 e. The average molecular weight is 595 g/mol. The fourth-order valence-corrected chi connectivity index (χ4v) is 6.55. The molecule has 0 bridgehead atoms. The lowest BCUT2D eigenvalue weighted by molar-refractivity contribution is 0.0860. The molecular weight excluding hydrogens is 512 g/mol. The summed E-state index contributed by atoms with van der Waals surface area (Å²) in [5.74, 6) is 0. The van der Waals surface area contributed by atoms with Crippen molar-refractivity contribution in [3.63, 3.8) is 0 Å². The van der Waals surface area contributed by atoms with E-state index in [1.54, 1.807) is 0 Å². The van der Waals surface area contributed by atoms with E-state index in [4.69, 9.17) is 5.11 Å².